The SMILES string of the molecule is CCCCC1(c2ccccc2)C(=O)NNC1=O. The number of nitrogens with one attached hydrogen (secondary N) is 2. The minimum atomic E-state index is -1.04. The van der Waals surface area contributed by atoms with Crippen LogP contribution < -0.4 is 10.9 Å². The fraction of sp³-hybridized carbons (Fsp3) is 0.385. The molecule has 1 aliphatic rings. The molecular formula is C13H16N2O2. The van der Waals surface area contributed by atoms with Gasteiger partial charge in [0.05, 0.1) is 0 Å². The highest BCUT2D eigenvalue weighted by molar-refractivity contribution is 6.15. The van der Waals surface area contributed by atoms with E-state index in [1.54, 1.807) is 0 Å². The van der Waals surface area contributed by atoms with Crippen molar-refractivity contribution in [3.8, 4) is 0 Å². The first-order valence-electron chi connectivity index (χ1n) is 5.88. The molecule has 90 valence electrons. The summed E-state index contributed by atoms with van der Waals surface area (Å²) in [6, 6.07) is 9.24. The normalized spacial score (nSPS) is 17.7. The lowest BCUT2D eigenvalue weighted by Gasteiger charge is -2.23. The summed E-state index contributed by atoms with van der Waals surface area (Å²) < 4.78 is 0. The predicted octanol–water partition coefficient (Wildman–Crippen LogP) is 1.28. The third kappa shape index (κ3) is 1.79. The summed E-state index contributed by atoms with van der Waals surface area (Å²) in [5.74, 6) is -0.496. The summed E-state index contributed by atoms with van der Waals surface area (Å²) in [4.78, 5) is 24.0. The quantitative estimate of drug-likeness (QED) is 0.768. The van der Waals surface area contributed by atoms with Gasteiger partial charge >= 0.3 is 0 Å². The van der Waals surface area contributed by atoms with Crippen LogP contribution in [0.15, 0.2) is 30.3 Å². The van der Waals surface area contributed by atoms with Crippen molar-refractivity contribution in [2.24, 2.45) is 0 Å². The lowest BCUT2D eigenvalue weighted by molar-refractivity contribution is -0.130. The first-order chi connectivity index (χ1) is 8.21. The lowest BCUT2D eigenvalue weighted by atomic mass is 9.76. The average Bonchev–Trinajstić information content (AvgIpc) is 2.65. The molecule has 0 atom stereocenters. The molecule has 1 aromatic rings. The Kier molecular flexibility index (Phi) is 3.13. The molecule has 1 heterocycles. The number of unbranched alkanes of at least 4 members (excludes halogenated alkanes) is 1. The van der Waals surface area contributed by atoms with Gasteiger partial charge in [-0.15, -0.1) is 0 Å². The van der Waals surface area contributed by atoms with Crippen molar-refractivity contribution in [2.45, 2.75) is 31.6 Å². The smallest absolute Gasteiger partial charge is 0.258 e. The molecule has 0 aromatic heterocycles. The second-order valence-electron chi connectivity index (χ2n) is 4.28. The van der Waals surface area contributed by atoms with Crippen molar-refractivity contribution in [1.82, 2.24) is 10.9 Å². The van der Waals surface area contributed by atoms with Crippen molar-refractivity contribution in [3.63, 3.8) is 0 Å². The number of hydrazine groups is 1. The third-order valence-corrected chi connectivity index (χ3v) is 3.24. The van der Waals surface area contributed by atoms with Gasteiger partial charge in [-0.25, -0.2) is 0 Å². The van der Waals surface area contributed by atoms with Crippen LogP contribution >= 0.6 is 0 Å². The number of benzene rings is 1. The van der Waals surface area contributed by atoms with Crippen LogP contribution in [0, 0.1) is 0 Å². The van der Waals surface area contributed by atoms with Gasteiger partial charge in [-0.1, -0.05) is 50.1 Å². The summed E-state index contributed by atoms with van der Waals surface area (Å²) in [6.45, 7) is 2.05. The molecule has 1 aromatic carbocycles. The van der Waals surface area contributed by atoms with E-state index in [2.05, 4.69) is 10.9 Å². The zero-order chi connectivity index (χ0) is 12.3. The summed E-state index contributed by atoms with van der Waals surface area (Å²) in [5.41, 5.74) is 4.58. The van der Waals surface area contributed by atoms with Crippen LogP contribution in [-0.4, -0.2) is 11.8 Å². The molecule has 0 saturated carbocycles. The van der Waals surface area contributed by atoms with Gasteiger partial charge in [-0.05, 0) is 12.0 Å². The van der Waals surface area contributed by atoms with Crippen LogP contribution in [0.4, 0.5) is 0 Å². The molecular weight excluding hydrogens is 216 g/mol. The van der Waals surface area contributed by atoms with Gasteiger partial charge in [-0.3, -0.25) is 20.4 Å². The van der Waals surface area contributed by atoms with Crippen LogP contribution in [0.5, 0.6) is 0 Å². The highest BCUT2D eigenvalue weighted by atomic mass is 16.2. The Labute approximate surface area is 100 Å². The molecule has 0 radical (unpaired) electrons. The molecule has 2 N–H and O–H groups in total. The monoisotopic (exact) mass is 232 g/mol. The molecule has 1 aliphatic heterocycles. The van der Waals surface area contributed by atoms with Crippen molar-refractivity contribution >= 4 is 11.8 Å². The molecule has 4 nitrogen and oxygen atoms in total. The topological polar surface area (TPSA) is 58.2 Å². The molecule has 1 saturated heterocycles. The fourth-order valence-electron chi connectivity index (χ4n) is 2.23. The van der Waals surface area contributed by atoms with Crippen molar-refractivity contribution < 1.29 is 9.59 Å². The summed E-state index contributed by atoms with van der Waals surface area (Å²) in [7, 11) is 0. The zero-order valence-electron chi connectivity index (χ0n) is 9.82. The number of amides is 2. The minimum Gasteiger partial charge on any atom is -0.272 e. The Morgan fingerprint density at radius 2 is 1.65 bits per heavy atom. The van der Waals surface area contributed by atoms with E-state index in [1.165, 1.54) is 0 Å². The maximum absolute atomic E-state index is 12.0. The maximum atomic E-state index is 12.0. The van der Waals surface area contributed by atoms with E-state index in [0.717, 1.165) is 18.4 Å². The van der Waals surface area contributed by atoms with Crippen LogP contribution in [0.3, 0.4) is 0 Å². The number of hydrogen-bond donors (Lipinski definition) is 2. The molecule has 17 heavy (non-hydrogen) atoms. The lowest BCUT2D eigenvalue weighted by Crippen LogP contribution is -2.40. The van der Waals surface area contributed by atoms with Gasteiger partial charge in [0.25, 0.3) is 11.8 Å². The second-order valence-corrected chi connectivity index (χ2v) is 4.28. The highest BCUT2D eigenvalue weighted by Crippen LogP contribution is 2.32. The third-order valence-electron chi connectivity index (χ3n) is 3.24. The molecule has 2 amide bonds. The Morgan fingerprint density at radius 3 is 2.18 bits per heavy atom. The Balaban J connectivity index is 2.43. The molecule has 0 aliphatic carbocycles. The number of hydrogen-bond acceptors (Lipinski definition) is 2. The van der Waals surface area contributed by atoms with E-state index in [1.807, 2.05) is 37.3 Å². The number of rotatable bonds is 4. The summed E-state index contributed by atoms with van der Waals surface area (Å²) >= 11 is 0. The molecule has 1 fully saturated rings. The molecule has 4 heteroatoms. The van der Waals surface area contributed by atoms with Crippen LogP contribution in [0.2, 0.25) is 0 Å². The summed E-state index contributed by atoms with van der Waals surface area (Å²) in [6.07, 6.45) is 2.34. The van der Waals surface area contributed by atoms with E-state index in [4.69, 9.17) is 0 Å². The first-order valence-corrected chi connectivity index (χ1v) is 5.88. The predicted molar refractivity (Wildman–Crippen MR) is 63.9 cm³/mol. The van der Waals surface area contributed by atoms with Crippen molar-refractivity contribution in [1.29, 1.82) is 0 Å². The van der Waals surface area contributed by atoms with E-state index in [0.29, 0.717) is 6.42 Å². The second kappa shape index (κ2) is 4.57. The standard InChI is InChI=1S/C13H16N2O2/c1-2-3-9-13(10-7-5-4-6-8-10)11(16)14-15-12(13)17/h4-8H,2-3,9H2,1H3,(H,14,16)(H,15,17). The van der Waals surface area contributed by atoms with Gasteiger partial charge < -0.3 is 0 Å². The van der Waals surface area contributed by atoms with Gasteiger partial charge in [0, 0.05) is 0 Å². The fourth-order valence-corrected chi connectivity index (χ4v) is 2.23. The van der Waals surface area contributed by atoms with E-state index >= 15 is 0 Å². The van der Waals surface area contributed by atoms with E-state index in [9.17, 15) is 9.59 Å². The minimum absolute atomic E-state index is 0.248. The Bertz CT molecular complexity index is 412. The maximum Gasteiger partial charge on any atom is 0.258 e. The van der Waals surface area contributed by atoms with Gasteiger partial charge in [0.15, 0.2) is 5.41 Å². The van der Waals surface area contributed by atoms with Crippen molar-refractivity contribution in [2.75, 3.05) is 0 Å². The van der Waals surface area contributed by atoms with E-state index in [-0.39, 0.29) is 11.8 Å². The molecule has 0 bridgehead atoms. The molecule has 0 unspecified atom stereocenters. The molecule has 0 spiro atoms. The van der Waals surface area contributed by atoms with Gasteiger partial charge in [0.2, 0.25) is 0 Å². The van der Waals surface area contributed by atoms with E-state index < -0.39 is 5.41 Å². The van der Waals surface area contributed by atoms with Crippen LogP contribution in [-0.2, 0) is 15.0 Å². The van der Waals surface area contributed by atoms with Gasteiger partial charge in [-0.2, -0.15) is 0 Å². The first kappa shape index (κ1) is 11.6. The van der Waals surface area contributed by atoms with Gasteiger partial charge in [0.1, 0.15) is 0 Å². The number of carbonyl (C=O) groups excluding carboxylic acids is 2. The zero-order valence-corrected chi connectivity index (χ0v) is 9.82. The summed E-state index contributed by atoms with van der Waals surface area (Å²) in [5, 5.41) is 0. The Morgan fingerprint density at radius 1 is 1.06 bits per heavy atom. The molecule has 2 rings (SSSR count). The van der Waals surface area contributed by atoms with Crippen LogP contribution in [0.1, 0.15) is 31.7 Å². The number of carbonyl (C=O) groups is 2. The Hall–Kier alpha value is -1.84. The highest BCUT2D eigenvalue weighted by Gasteiger charge is 2.51. The largest absolute Gasteiger partial charge is 0.272 e. The average molecular weight is 232 g/mol. The van der Waals surface area contributed by atoms with Crippen LogP contribution in [0.25, 0.3) is 0 Å². The van der Waals surface area contributed by atoms with Crippen molar-refractivity contribution in [3.05, 3.63) is 35.9 Å².